The minimum absolute atomic E-state index is 0.198. The van der Waals surface area contributed by atoms with Gasteiger partial charge in [0.15, 0.2) is 17.3 Å². The van der Waals surface area contributed by atoms with Crippen LogP contribution in [-0.2, 0) is 16.3 Å². The van der Waals surface area contributed by atoms with Crippen LogP contribution >= 0.6 is 0 Å². The lowest BCUT2D eigenvalue weighted by atomic mass is 10.2. The summed E-state index contributed by atoms with van der Waals surface area (Å²) in [5.41, 5.74) is 2.03. The van der Waals surface area contributed by atoms with Crippen LogP contribution in [0.3, 0.4) is 0 Å². The second-order valence-electron chi connectivity index (χ2n) is 8.84. The second-order valence-corrected chi connectivity index (χ2v) is 11.4. The Morgan fingerprint density at radius 1 is 1.14 bits per heavy atom. The second kappa shape index (κ2) is 10.1. The molecule has 0 unspecified atom stereocenters. The molecule has 3 aromatic heterocycles. The molecule has 1 aliphatic rings. The van der Waals surface area contributed by atoms with E-state index in [-0.39, 0.29) is 17.9 Å². The van der Waals surface area contributed by atoms with Gasteiger partial charge in [0.05, 0.1) is 18.9 Å². The lowest BCUT2D eigenvalue weighted by Gasteiger charge is -2.29. The first-order valence-electron chi connectivity index (χ1n) is 11.7. The van der Waals surface area contributed by atoms with Crippen LogP contribution in [-0.4, -0.2) is 72.2 Å². The molecule has 0 aliphatic carbocycles. The number of rotatable bonds is 7. The summed E-state index contributed by atoms with van der Waals surface area (Å²) in [5.74, 6) is 0.832. The number of hydrogen-bond donors (Lipinski definition) is 2. The molecular weight excluding hydrogens is 492 g/mol. The third kappa shape index (κ3) is 5.37. The van der Waals surface area contributed by atoms with E-state index >= 15 is 0 Å². The van der Waals surface area contributed by atoms with Crippen LogP contribution in [0.4, 0.5) is 23.1 Å². The summed E-state index contributed by atoms with van der Waals surface area (Å²) in [4.78, 5) is 33.1. The van der Waals surface area contributed by atoms with Gasteiger partial charge in [-0.25, -0.2) is 23.5 Å². The van der Waals surface area contributed by atoms with E-state index in [1.54, 1.807) is 10.8 Å². The standard InChI is InChI=1S/C24H28N10O2S/c1-4-11-33-23(35)19-14-27-24(28-17-5-7-18(8-6-17)32-12-9-25-10-13-32)30-22(19)34(33)21-16-26-15-20(29-21)31-37(2,3)36/h4-8,14-16,25H,1,9-13H2,2-3H3,(H,27,28,30). The number of nitrogens with zero attached hydrogens (tertiary/aromatic N) is 8. The Morgan fingerprint density at radius 2 is 1.89 bits per heavy atom. The van der Waals surface area contributed by atoms with Gasteiger partial charge in [0.2, 0.25) is 5.95 Å². The Bertz CT molecular complexity index is 1620. The molecule has 1 fully saturated rings. The van der Waals surface area contributed by atoms with Gasteiger partial charge in [-0.1, -0.05) is 6.08 Å². The zero-order chi connectivity index (χ0) is 26.0. The molecule has 0 spiro atoms. The molecule has 4 heterocycles. The molecule has 0 bridgehead atoms. The summed E-state index contributed by atoms with van der Waals surface area (Å²) in [5, 5.41) is 6.89. The van der Waals surface area contributed by atoms with E-state index in [9.17, 15) is 9.00 Å². The summed E-state index contributed by atoms with van der Waals surface area (Å²) in [7, 11) is -2.45. The summed E-state index contributed by atoms with van der Waals surface area (Å²) < 4.78 is 19.3. The predicted molar refractivity (Wildman–Crippen MR) is 146 cm³/mol. The number of allylic oxidation sites excluding steroid dienone is 1. The number of anilines is 3. The molecule has 0 saturated carbocycles. The normalized spacial score (nSPS) is 14.1. The fourth-order valence-electron chi connectivity index (χ4n) is 4.13. The van der Waals surface area contributed by atoms with E-state index in [1.807, 2.05) is 12.1 Å². The van der Waals surface area contributed by atoms with Gasteiger partial charge in [0.1, 0.15) is 5.39 Å². The molecule has 1 saturated heterocycles. The lowest BCUT2D eigenvalue weighted by Crippen LogP contribution is -2.43. The van der Waals surface area contributed by atoms with Gasteiger partial charge in [-0.05, 0) is 24.3 Å². The van der Waals surface area contributed by atoms with Gasteiger partial charge in [-0.2, -0.15) is 9.35 Å². The molecule has 12 nitrogen and oxygen atoms in total. The number of benzene rings is 1. The van der Waals surface area contributed by atoms with Crippen molar-refractivity contribution in [2.45, 2.75) is 6.54 Å². The maximum absolute atomic E-state index is 13.2. The third-order valence-corrected chi connectivity index (χ3v) is 6.35. The number of piperazine rings is 1. The van der Waals surface area contributed by atoms with Gasteiger partial charge >= 0.3 is 0 Å². The van der Waals surface area contributed by atoms with Crippen molar-refractivity contribution in [1.29, 1.82) is 0 Å². The van der Waals surface area contributed by atoms with E-state index in [0.717, 1.165) is 37.6 Å². The fraction of sp³-hybridized carbons (Fsp3) is 0.292. The van der Waals surface area contributed by atoms with E-state index in [4.69, 9.17) is 0 Å². The lowest BCUT2D eigenvalue weighted by molar-refractivity contribution is 0.589. The van der Waals surface area contributed by atoms with Gasteiger partial charge in [0, 0.05) is 66.0 Å². The van der Waals surface area contributed by atoms with Crippen molar-refractivity contribution < 1.29 is 4.21 Å². The largest absolute Gasteiger partial charge is 0.369 e. The Hall–Kier alpha value is -4.10. The zero-order valence-electron chi connectivity index (χ0n) is 20.7. The van der Waals surface area contributed by atoms with Gasteiger partial charge in [-0.3, -0.25) is 9.78 Å². The molecule has 0 radical (unpaired) electrons. The average molecular weight is 521 g/mol. The first-order chi connectivity index (χ1) is 17.8. The quantitative estimate of drug-likeness (QED) is 0.351. The topological polar surface area (TPSA) is 135 Å². The summed E-state index contributed by atoms with van der Waals surface area (Å²) in [6.07, 6.45) is 9.04. The van der Waals surface area contributed by atoms with Crippen LogP contribution in [0.15, 0.2) is 64.7 Å². The van der Waals surface area contributed by atoms with Crippen LogP contribution < -0.4 is 21.1 Å². The van der Waals surface area contributed by atoms with E-state index in [2.05, 4.69) is 58.5 Å². The monoisotopic (exact) mass is 520 g/mol. The number of hydrogen-bond acceptors (Lipinski definition) is 10. The van der Waals surface area contributed by atoms with Crippen molar-refractivity contribution >= 4 is 43.9 Å². The minimum Gasteiger partial charge on any atom is -0.369 e. The molecule has 192 valence electrons. The van der Waals surface area contributed by atoms with Gasteiger partial charge < -0.3 is 15.5 Å². The number of fused-ring (bicyclic) bond motifs is 1. The Morgan fingerprint density at radius 3 is 2.59 bits per heavy atom. The molecule has 1 aromatic carbocycles. The third-order valence-electron chi connectivity index (χ3n) is 5.72. The minimum atomic E-state index is -2.45. The van der Waals surface area contributed by atoms with Crippen molar-refractivity contribution in [3.63, 3.8) is 0 Å². The van der Waals surface area contributed by atoms with E-state index in [1.165, 1.54) is 35.8 Å². The molecule has 5 rings (SSSR count). The van der Waals surface area contributed by atoms with Crippen molar-refractivity contribution in [3.05, 3.63) is 65.9 Å². The Labute approximate surface area is 214 Å². The summed E-state index contributed by atoms with van der Waals surface area (Å²) in [6.45, 7) is 7.86. The van der Waals surface area contributed by atoms with Crippen LogP contribution in [0.1, 0.15) is 0 Å². The van der Waals surface area contributed by atoms with Crippen molar-refractivity contribution in [1.82, 2.24) is 34.6 Å². The number of aromatic nitrogens is 6. The van der Waals surface area contributed by atoms with Crippen LogP contribution in [0, 0.1) is 0 Å². The van der Waals surface area contributed by atoms with Crippen molar-refractivity contribution in [3.8, 4) is 5.82 Å². The van der Waals surface area contributed by atoms with Crippen LogP contribution in [0.5, 0.6) is 0 Å². The molecule has 1 aliphatic heterocycles. The summed E-state index contributed by atoms with van der Waals surface area (Å²) in [6, 6.07) is 8.08. The predicted octanol–water partition coefficient (Wildman–Crippen LogP) is 2.07. The highest BCUT2D eigenvalue weighted by molar-refractivity contribution is 7.92. The average Bonchev–Trinajstić information content (AvgIpc) is 3.15. The maximum Gasteiger partial charge on any atom is 0.278 e. The van der Waals surface area contributed by atoms with Crippen molar-refractivity contribution in [2.24, 2.45) is 4.36 Å². The van der Waals surface area contributed by atoms with Crippen molar-refractivity contribution in [2.75, 3.05) is 48.9 Å². The highest BCUT2D eigenvalue weighted by Gasteiger charge is 2.19. The SMILES string of the molecule is C=CCn1c(=O)c2cnc(Nc3ccc(N4CCNCC4)cc3)nc2n1-c1cncc(N=S(C)(C)=O)n1. The van der Waals surface area contributed by atoms with E-state index in [0.29, 0.717) is 22.8 Å². The van der Waals surface area contributed by atoms with Gasteiger partial charge in [0.25, 0.3) is 5.56 Å². The molecule has 2 N–H and O–H groups in total. The van der Waals surface area contributed by atoms with Crippen LogP contribution in [0.25, 0.3) is 16.9 Å². The Kier molecular flexibility index (Phi) is 6.72. The fourth-order valence-corrected chi connectivity index (χ4v) is 4.67. The highest BCUT2D eigenvalue weighted by Crippen LogP contribution is 2.22. The summed E-state index contributed by atoms with van der Waals surface area (Å²) >= 11 is 0. The molecule has 0 atom stereocenters. The Balaban J connectivity index is 1.53. The highest BCUT2D eigenvalue weighted by atomic mass is 32.2. The van der Waals surface area contributed by atoms with Crippen LogP contribution in [0.2, 0.25) is 0 Å². The first-order valence-corrected chi connectivity index (χ1v) is 14.1. The molecular formula is C24H28N10O2S. The maximum atomic E-state index is 13.2. The smallest absolute Gasteiger partial charge is 0.278 e. The molecule has 37 heavy (non-hydrogen) atoms. The zero-order valence-corrected chi connectivity index (χ0v) is 21.5. The molecule has 0 amide bonds. The first kappa shape index (κ1) is 24.6. The molecule has 13 heteroatoms. The van der Waals surface area contributed by atoms with Gasteiger partial charge in [-0.15, -0.1) is 6.58 Å². The van der Waals surface area contributed by atoms with E-state index < -0.39 is 9.73 Å². The molecule has 4 aromatic rings. The number of nitrogens with one attached hydrogen (secondary N) is 2.